The predicted molar refractivity (Wildman–Crippen MR) is 76.0 cm³/mol. The molecule has 1 heteroatoms. The Morgan fingerprint density at radius 2 is 1.39 bits per heavy atom. The summed E-state index contributed by atoms with van der Waals surface area (Å²) >= 11 is 0. The molecule has 2 atom stereocenters. The van der Waals surface area contributed by atoms with Crippen LogP contribution in [0.3, 0.4) is 0 Å². The Morgan fingerprint density at radius 3 is 2.00 bits per heavy atom. The van der Waals surface area contributed by atoms with E-state index in [4.69, 9.17) is 4.74 Å². The lowest BCUT2D eigenvalue weighted by Crippen LogP contribution is -2.15. The Hall–Kier alpha value is -1.76. The molecule has 18 heavy (non-hydrogen) atoms. The van der Waals surface area contributed by atoms with Gasteiger partial charge in [-0.3, -0.25) is 0 Å². The SMILES string of the molecule is CC(COc1ccccc1)C(C)c1ccccc1. The maximum absolute atomic E-state index is 5.81. The number of hydrogen-bond donors (Lipinski definition) is 0. The third-order valence-electron chi connectivity index (χ3n) is 3.44. The van der Waals surface area contributed by atoms with Crippen molar-refractivity contribution < 1.29 is 4.74 Å². The van der Waals surface area contributed by atoms with Crippen LogP contribution in [0.1, 0.15) is 25.3 Å². The number of para-hydroxylation sites is 1. The van der Waals surface area contributed by atoms with Gasteiger partial charge in [0.15, 0.2) is 0 Å². The third-order valence-corrected chi connectivity index (χ3v) is 3.44. The summed E-state index contributed by atoms with van der Waals surface area (Å²) in [6.45, 7) is 5.25. The van der Waals surface area contributed by atoms with Gasteiger partial charge < -0.3 is 4.74 Å². The molecule has 0 aromatic heterocycles. The zero-order valence-corrected chi connectivity index (χ0v) is 11.0. The molecule has 0 bridgehead atoms. The second kappa shape index (κ2) is 6.25. The molecule has 2 aromatic carbocycles. The van der Waals surface area contributed by atoms with Gasteiger partial charge in [0.1, 0.15) is 5.75 Å². The smallest absolute Gasteiger partial charge is 0.119 e. The first kappa shape index (κ1) is 12.7. The quantitative estimate of drug-likeness (QED) is 0.747. The van der Waals surface area contributed by atoms with Gasteiger partial charge in [-0.1, -0.05) is 62.4 Å². The van der Waals surface area contributed by atoms with Crippen LogP contribution < -0.4 is 4.74 Å². The molecule has 0 amide bonds. The van der Waals surface area contributed by atoms with E-state index in [9.17, 15) is 0 Å². The van der Waals surface area contributed by atoms with E-state index in [0.29, 0.717) is 11.8 Å². The summed E-state index contributed by atoms with van der Waals surface area (Å²) in [5.41, 5.74) is 1.38. The van der Waals surface area contributed by atoms with E-state index in [1.54, 1.807) is 0 Å². The van der Waals surface area contributed by atoms with Crippen LogP contribution in [0.2, 0.25) is 0 Å². The molecule has 0 spiro atoms. The van der Waals surface area contributed by atoms with Crippen molar-refractivity contribution in [3.8, 4) is 5.75 Å². The first-order valence-corrected chi connectivity index (χ1v) is 6.50. The van der Waals surface area contributed by atoms with Gasteiger partial charge in [-0.25, -0.2) is 0 Å². The molecule has 2 rings (SSSR count). The zero-order chi connectivity index (χ0) is 12.8. The van der Waals surface area contributed by atoms with Crippen LogP contribution in [-0.4, -0.2) is 6.61 Å². The van der Waals surface area contributed by atoms with Crippen molar-refractivity contribution in [1.82, 2.24) is 0 Å². The number of benzene rings is 2. The van der Waals surface area contributed by atoms with Gasteiger partial charge in [0.2, 0.25) is 0 Å². The minimum Gasteiger partial charge on any atom is -0.493 e. The number of ether oxygens (including phenoxy) is 1. The van der Waals surface area contributed by atoms with Crippen molar-refractivity contribution in [2.45, 2.75) is 19.8 Å². The molecule has 0 saturated heterocycles. The van der Waals surface area contributed by atoms with Crippen LogP contribution in [0.25, 0.3) is 0 Å². The Balaban J connectivity index is 1.90. The van der Waals surface area contributed by atoms with Gasteiger partial charge in [-0.15, -0.1) is 0 Å². The lowest BCUT2D eigenvalue weighted by atomic mass is 9.89. The fourth-order valence-corrected chi connectivity index (χ4v) is 1.97. The third kappa shape index (κ3) is 3.36. The van der Waals surface area contributed by atoms with Gasteiger partial charge in [-0.05, 0) is 29.5 Å². The molecule has 2 unspecified atom stereocenters. The summed E-state index contributed by atoms with van der Waals surface area (Å²) in [5.74, 6) is 1.95. The zero-order valence-electron chi connectivity index (χ0n) is 11.0. The summed E-state index contributed by atoms with van der Waals surface area (Å²) < 4.78 is 5.81. The Morgan fingerprint density at radius 1 is 0.833 bits per heavy atom. The van der Waals surface area contributed by atoms with Gasteiger partial charge in [0.05, 0.1) is 6.61 Å². The molecule has 1 nitrogen and oxygen atoms in total. The molecule has 0 N–H and O–H groups in total. The molecule has 0 aliphatic heterocycles. The Kier molecular flexibility index (Phi) is 4.40. The molecule has 0 aliphatic carbocycles. The van der Waals surface area contributed by atoms with Crippen LogP contribution >= 0.6 is 0 Å². The molecule has 0 saturated carbocycles. The van der Waals surface area contributed by atoms with E-state index in [2.05, 4.69) is 44.2 Å². The van der Waals surface area contributed by atoms with Crippen molar-refractivity contribution in [3.05, 3.63) is 66.2 Å². The van der Waals surface area contributed by atoms with E-state index in [1.807, 2.05) is 30.3 Å². The summed E-state index contributed by atoms with van der Waals surface area (Å²) in [6, 6.07) is 20.6. The van der Waals surface area contributed by atoms with Crippen LogP contribution in [-0.2, 0) is 0 Å². The van der Waals surface area contributed by atoms with Crippen molar-refractivity contribution in [3.63, 3.8) is 0 Å². The van der Waals surface area contributed by atoms with Crippen molar-refractivity contribution in [2.75, 3.05) is 6.61 Å². The molecule has 0 fully saturated rings. The maximum Gasteiger partial charge on any atom is 0.119 e. The standard InChI is InChI=1S/C17H20O/c1-14(13-18-17-11-7-4-8-12-17)15(2)16-9-5-3-6-10-16/h3-12,14-15H,13H2,1-2H3. The average Bonchev–Trinajstić information content (AvgIpc) is 2.46. The fraction of sp³-hybridized carbons (Fsp3) is 0.294. The van der Waals surface area contributed by atoms with E-state index in [-0.39, 0.29) is 0 Å². The predicted octanol–water partition coefficient (Wildman–Crippen LogP) is 4.51. The molecule has 0 heterocycles. The van der Waals surface area contributed by atoms with Gasteiger partial charge in [-0.2, -0.15) is 0 Å². The second-order valence-corrected chi connectivity index (χ2v) is 4.80. The van der Waals surface area contributed by atoms with Gasteiger partial charge >= 0.3 is 0 Å². The van der Waals surface area contributed by atoms with Gasteiger partial charge in [0.25, 0.3) is 0 Å². The lowest BCUT2D eigenvalue weighted by Gasteiger charge is -2.20. The highest BCUT2D eigenvalue weighted by molar-refractivity contribution is 5.22. The summed E-state index contributed by atoms with van der Waals surface area (Å²) in [5, 5.41) is 0. The highest BCUT2D eigenvalue weighted by atomic mass is 16.5. The number of hydrogen-bond acceptors (Lipinski definition) is 1. The molecule has 0 aliphatic rings. The van der Waals surface area contributed by atoms with Crippen LogP contribution in [0.15, 0.2) is 60.7 Å². The molecular weight excluding hydrogens is 220 g/mol. The summed E-state index contributed by atoms with van der Waals surface area (Å²) in [7, 11) is 0. The van der Waals surface area contributed by atoms with Gasteiger partial charge in [0, 0.05) is 0 Å². The lowest BCUT2D eigenvalue weighted by molar-refractivity contribution is 0.242. The molecular formula is C17H20O. The van der Waals surface area contributed by atoms with E-state index >= 15 is 0 Å². The first-order chi connectivity index (χ1) is 8.77. The van der Waals surface area contributed by atoms with Crippen LogP contribution in [0, 0.1) is 5.92 Å². The molecule has 0 radical (unpaired) electrons. The summed E-state index contributed by atoms with van der Waals surface area (Å²) in [6.07, 6.45) is 0. The van der Waals surface area contributed by atoms with Crippen molar-refractivity contribution in [2.24, 2.45) is 5.92 Å². The fourth-order valence-electron chi connectivity index (χ4n) is 1.97. The monoisotopic (exact) mass is 240 g/mol. The summed E-state index contributed by atoms with van der Waals surface area (Å²) in [4.78, 5) is 0. The second-order valence-electron chi connectivity index (χ2n) is 4.80. The maximum atomic E-state index is 5.81. The Bertz CT molecular complexity index is 450. The normalized spacial score (nSPS) is 13.9. The topological polar surface area (TPSA) is 9.23 Å². The first-order valence-electron chi connectivity index (χ1n) is 6.50. The van der Waals surface area contributed by atoms with Crippen LogP contribution in [0.4, 0.5) is 0 Å². The van der Waals surface area contributed by atoms with E-state index in [1.165, 1.54) is 5.56 Å². The van der Waals surface area contributed by atoms with Crippen molar-refractivity contribution in [1.29, 1.82) is 0 Å². The largest absolute Gasteiger partial charge is 0.493 e. The number of rotatable bonds is 5. The minimum absolute atomic E-state index is 0.493. The molecule has 94 valence electrons. The van der Waals surface area contributed by atoms with E-state index < -0.39 is 0 Å². The highest BCUT2D eigenvalue weighted by Gasteiger charge is 2.14. The van der Waals surface area contributed by atoms with Crippen LogP contribution in [0.5, 0.6) is 5.75 Å². The van der Waals surface area contributed by atoms with E-state index in [0.717, 1.165) is 12.4 Å². The Labute approximate surface area is 109 Å². The highest BCUT2D eigenvalue weighted by Crippen LogP contribution is 2.24. The average molecular weight is 240 g/mol. The minimum atomic E-state index is 0.493. The molecule has 2 aromatic rings. The van der Waals surface area contributed by atoms with Crippen molar-refractivity contribution >= 4 is 0 Å².